The van der Waals surface area contributed by atoms with E-state index in [4.69, 9.17) is 14.6 Å². The van der Waals surface area contributed by atoms with Gasteiger partial charge in [0.2, 0.25) is 0 Å². The molecule has 9 nitrogen and oxygen atoms in total. The van der Waals surface area contributed by atoms with Gasteiger partial charge in [0, 0.05) is 6.54 Å². The van der Waals surface area contributed by atoms with Gasteiger partial charge in [0.05, 0.1) is 45.6 Å². The van der Waals surface area contributed by atoms with Crippen LogP contribution in [0.5, 0.6) is 0 Å². The summed E-state index contributed by atoms with van der Waals surface area (Å²) < 4.78 is 14.1. The van der Waals surface area contributed by atoms with Gasteiger partial charge in [0.25, 0.3) is 0 Å². The lowest BCUT2D eigenvalue weighted by atomic mass is 10.3. The van der Waals surface area contributed by atoms with Gasteiger partial charge >= 0.3 is 17.1 Å². The van der Waals surface area contributed by atoms with E-state index < -0.39 is 23.2 Å². The summed E-state index contributed by atoms with van der Waals surface area (Å²) in [6.45, 7) is 22.5. The zero-order valence-corrected chi connectivity index (χ0v) is 21.4. The van der Waals surface area contributed by atoms with E-state index in [9.17, 15) is 14.4 Å². The molecule has 198 valence electrons. The van der Waals surface area contributed by atoms with Crippen LogP contribution < -0.4 is 17.1 Å². The first-order valence-electron chi connectivity index (χ1n) is 11.6. The summed E-state index contributed by atoms with van der Waals surface area (Å²) in [6.07, 6.45) is 9.91. The Kier molecular flexibility index (Phi) is 22.2. The molecule has 1 aromatic heterocycles. The molecule has 0 saturated heterocycles. The van der Waals surface area contributed by atoms with E-state index in [1.807, 2.05) is 13.0 Å². The van der Waals surface area contributed by atoms with Gasteiger partial charge in [0.1, 0.15) is 0 Å². The van der Waals surface area contributed by atoms with E-state index in [1.165, 1.54) is 12.2 Å². The summed E-state index contributed by atoms with van der Waals surface area (Å²) in [5, 5.41) is 7.76. The average molecular weight is 494 g/mol. The molecular weight excluding hydrogens is 450 g/mol. The van der Waals surface area contributed by atoms with Gasteiger partial charge in [0.15, 0.2) is 0 Å². The second kappa shape index (κ2) is 22.8. The molecule has 35 heavy (non-hydrogen) atoms. The predicted octanol–water partition coefficient (Wildman–Crippen LogP) is 2.68. The highest BCUT2D eigenvalue weighted by Crippen LogP contribution is 1.97. The third-order valence-corrected chi connectivity index (χ3v) is 4.23. The van der Waals surface area contributed by atoms with Crippen LogP contribution in [0.2, 0.25) is 0 Å². The minimum Gasteiger partial charge on any atom is -0.392 e. The molecular formula is C26H43N3O6. The Bertz CT molecular complexity index is 918. The molecule has 0 bridgehead atoms. The van der Waals surface area contributed by atoms with E-state index >= 15 is 0 Å². The number of hydrogen-bond donors (Lipinski definition) is 1. The summed E-state index contributed by atoms with van der Waals surface area (Å²) in [7, 11) is 0. The smallest absolute Gasteiger partial charge is 0.336 e. The van der Waals surface area contributed by atoms with E-state index in [1.54, 1.807) is 12.2 Å². The SMILES string of the molecule is C=CCC.C=CCO.C=CCOCC(Cn1c(=O)n(CC=C)c(=O)n(CCCC)c1=O)OCC=C. The predicted molar refractivity (Wildman–Crippen MR) is 143 cm³/mol. The van der Waals surface area contributed by atoms with Crippen LogP contribution >= 0.6 is 0 Å². The molecule has 1 aromatic rings. The first-order chi connectivity index (χ1) is 16.8. The van der Waals surface area contributed by atoms with E-state index in [-0.39, 0.29) is 39.5 Å². The minimum absolute atomic E-state index is 0.0230. The normalized spacial score (nSPS) is 10.6. The number of aliphatic hydroxyl groups is 1. The van der Waals surface area contributed by atoms with Crippen molar-refractivity contribution in [2.45, 2.75) is 58.8 Å². The van der Waals surface area contributed by atoms with Crippen LogP contribution in [0.15, 0.2) is 77.7 Å². The van der Waals surface area contributed by atoms with E-state index in [2.05, 4.69) is 39.8 Å². The Hall–Kier alpha value is -3.01. The van der Waals surface area contributed by atoms with Crippen LogP contribution in [0.1, 0.15) is 33.1 Å². The van der Waals surface area contributed by atoms with Crippen molar-refractivity contribution >= 4 is 0 Å². The zero-order valence-electron chi connectivity index (χ0n) is 21.4. The van der Waals surface area contributed by atoms with Crippen molar-refractivity contribution < 1.29 is 14.6 Å². The van der Waals surface area contributed by atoms with E-state index in [0.29, 0.717) is 13.0 Å². The van der Waals surface area contributed by atoms with Crippen molar-refractivity contribution in [1.82, 2.24) is 13.7 Å². The maximum Gasteiger partial charge on any atom is 0.336 e. The van der Waals surface area contributed by atoms with Crippen LogP contribution in [-0.4, -0.2) is 51.3 Å². The molecule has 1 atom stereocenters. The Morgan fingerprint density at radius 2 is 1.37 bits per heavy atom. The third kappa shape index (κ3) is 14.1. The number of ether oxygens (including phenoxy) is 2. The molecule has 0 radical (unpaired) electrons. The Morgan fingerprint density at radius 3 is 1.83 bits per heavy atom. The molecule has 0 spiro atoms. The molecule has 9 heteroatoms. The number of hydrogen-bond acceptors (Lipinski definition) is 6. The first-order valence-corrected chi connectivity index (χ1v) is 11.6. The third-order valence-electron chi connectivity index (χ3n) is 4.23. The minimum atomic E-state index is -0.687. The fourth-order valence-electron chi connectivity index (χ4n) is 2.48. The van der Waals surface area contributed by atoms with Gasteiger partial charge in [-0.1, -0.05) is 50.6 Å². The van der Waals surface area contributed by atoms with Crippen molar-refractivity contribution in [2.75, 3.05) is 26.4 Å². The number of rotatable bonds is 16. The molecule has 0 saturated carbocycles. The van der Waals surface area contributed by atoms with Gasteiger partial charge in [-0.15, -0.1) is 32.9 Å². The maximum atomic E-state index is 12.8. The van der Waals surface area contributed by atoms with Crippen molar-refractivity contribution in [3.05, 3.63) is 94.7 Å². The highest BCUT2D eigenvalue weighted by Gasteiger charge is 2.19. The number of aromatic nitrogens is 3. The highest BCUT2D eigenvalue weighted by atomic mass is 16.5. The van der Waals surface area contributed by atoms with Gasteiger partial charge in [-0.25, -0.2) is 28.1 Å². The molecule has 0 amide bonds. The van der Waals surface area contributed by atoms with E-state index in [0.717, 1.165) is 26.5 Å². The fraction of sp³-hybridized carbons (Fsp3) is 0.500. The molecule has 1 rings (SSSR count). The Balaban J connectivity index is 0. The monoisotopic (exact) mass is 493 g/mol. The maximum absolute atomic E-state index is 12.8. The zero-order chi connectivity index (χ0) is 27.1. The summed E-state index contributed by atoms with van der Waals surface area (Å²) in [4.78, 5) is 38.0. The van der Waals surface area contributed by atoms with Crippen LogP contribution in [0, 0.1) is 0 Å². The van der Waals surface area contributed by atoms with Crippen LogP contribution in [0.3, 0.4) is 0 Å². The molecule has 0 aliphatic rings. The van der Waals surface area contributed by atoms with Gasteiger partial charge in [-0.3, -0.25) is 0 Å². The number of aliphatic hydroxyl groups excluding tert-OH is 1. The quantitative estimate of drug-likeness (QED) is 0.280. The molecule has 0 aromatic carbocycles. The standard InChI is InChI=1S/C19H29N3O5.C4H8.C3H6O/c1-5-9-11-21-17(23)20(10-6-2)18(24)22(19(21)25)14-16(27-13-8-4)15-26-12-7-3;1-3-4-2;1-2-3-4/h6-8,16H,2-5,9-15H2,1H3;3H,1,4H2,2H3;2,4H,1,3H2. The largest absolute Gasteiger partial charge is 0.392 e. The molecule has 1 heterocycles. The lowest BCUT2D eigenvalue weighted by Crippen LogP contribution is -2.55. The molecule has 0 aliphatic carbocycles. The summed E-state index contributed by atoms with van der Waals surface area (Å²) in [5.74, 6) is 0. The van der Waals surface area contributed by atoms with Crippen LogP contribution in [0.25, 0.3) is 0 Å². The summed E-state index contributed by atoms with van der Waals surface area (Å²) in [5.41, 5.74) is -1.95. The van der Waals surface area contributed by atoms with Crippen LogP contribution in [-0.2, 0) is 29.1 Å². The lowest BCUT2D eigenvalue weighted by Gasteiger charge is -2.19. The topological polar surface area (TPSA) is 105 Å². The lowest BCUT2D eigenvalue weighted by molar-refractivity contribution is -0.00864. The number of nitrogens with zero attached hydrogens (tertiary/aromatic N) is 3. The van der Waals surface area contributed by atoms with Gasteiger partial charge in [-0.2, -0.15) is 0 Å². The first kappa shape index (κ1) is 34.2. The Labute approximate surface area is 208 Å². The second-order valence-corrected chi connectivity index (χ2v) is 7.10. The van der Waals surface area contributed by atoms with Gasteiger partial charge < -0.3 is 14.6 Å². The molecule has 1 unspecified atom stereocenters. The highest BCUT2D eigenvalue weighted by molar-refractivity contribution is 4.83. The van der Waals surface area contributed by atoms with Crippen molar-refractivity contribution in [2.24, 2.45) is 0 Å². The number of unbranched alkanes of at least 4 members (excludes halogenated alkanes) is 1. The summed E-state index contributed by atoms with van der Waals surface area (Å²) in [6, 6.07) is 0. The fourth-order valence-corrected chi connectivity index (χ4v) is 2.48. The Morgan fingerprint density at radius 1 is 0.829 bits per heavy atom. The van der Waals surface area contributed by atoms with Crippen molar-refractivity contribution in [3.8, 4) is 0 Å². The molecule has 0 fully saturated rings. The summed E-state index contributed by atoms with van der Waals surface area (Å²) >= 11 is 0. The van der Waals surface area contributed by atoms with Gasteiger partial charge in [-0.05, 0) is 12.8 Å². The number of allylic oxidation sites excluding steroid dienone is 2. The van der Waals surface area contributed by atoms with Crippen molar-refractivity contribution in [3.63, 3.8) is 0 Å². The second-order valence-electron chi connectivity index (χ2n) is 7.10. The molecule has 1 N–H and O–H groups in total. The van der Waals surface area contributed by atoms with Crippen LogP contribution in [0.4, 0.5) is 0 Å². The average Bonchev–Trinajstić information content (AvgIpc) is 2.87. The molecule has 0 aliphatic heterocycles. The van der Waals surface area contributed by atoms with Crippen molar-refractivity contribution in [1.29, 1.82) is 0 Å².